The highest BCUT2D eigenvalue weighted by Gasteiger charge is 2.26. The lowest BCUT2D eigenvalue weighted by atomic mass is 9.89. The highest BCUT2D eigenvalue weighted by Crippen LogP contribution is 2.24. The first kappa shape index (κ1) is 8.66. The number of halogens is 1. The lowest BCUT2D eigenvalue weighted by Crippen LogP contribution is -2.47. The van der Waals surface area contributed by atoms with Crippen molar-refractivity contribution in [2.75, 3.05) is 13.1 Å². The number of hydrogen-bond donors (Lipinski definition) is 2. The van der Waals surface area contributed by atoms with Crippen LogP contribution in [0.3, 0.4) is 0 Å². The Morgan fingerprint density at radius 1 is 1.38 bits per heavy atom. The lowest BCUT2D eigenvalue weighted by molar-refractivity contribution is 0.290. The first-order valence-electron chi connectivity index (χ1n) is 4.50. The first-order valence-corrected chi connectivity index (χ1v) is 4.50. The zero-order valence-corrected chi connectivity index (χ0v) is 7.33. The fourth-order valence-corrected chi connectivity index (χ4v) is 1.56. The molecule has 1 unspecified atom stereocenters. The van der Waals surface area contributed by atoms with Crippen LogP contribution in [0, 0.1) is 11.7 Å². The summed E-state index contributed by atoms with van der Waals surface area (Å²) in [6, 6.07) is 6.57. The molecule has 0 saturated carbocycles. The van der Waals surface area contributed by atoms with Gasteiger partial charge in [0.25, 0.3) is 0 Å². The van der Waals surface area contributed by atoms with Gasteiger partial charge >= 0.3 is 0 Å². The van der Waals surface area contributed by atoms with Crippen LogP contribution >= 0.6 is 0 Å². The second-order valence-electron chi connectivity index (χ2n) is 3.47. The molecule has 2 rings (SSSR count). The van der Waals surface area contributed by atoms with E-state index in [4.69, 9.17) is 5.73 Å². The van der Waals surface area contributed by atoms with Gasteiger partial charge in [-0.1, -0.05) is 18.2 Å². The third kappa shape index (κ3) is 1.57. The zero-order chi connectivity index (χ0) is 9.26. The van der Waals surface area contributed by atoms with Gasteiger partial charge in [-0.05, 0) is 6.07 Å². The molecular weight excluding hydrogens is 167 g/mol. The van der Waals surface area contributed by atoms with Crippen LogP contribution < -0.4 is 11.1 Å². The molecule has 1 atom stereocenters. The van der Waals surface area contributed by atoms with Crippen molar-refractivity contribution in [2.45, 2.75) is 6.04 Å². The molecule has 1 heterocycles. The molecule has 1 saturated heterocycles. The normalized spacial score (nSPS) is 19.5. The van der Waals surface area contributed by atoms with Crippen LogP contribution in [0.1, 0.15) is 11.6 Å². The van der Waals surface area contributed by atoms with Gasteiger partial charge in [-0.25, -0.2) is 4.39 Å². The van der Waals surface area contributed by atoms with E-state index in [1.54, 1.807) is 12.1 Å². The minimum absolute atomic E-state index is 0.164. The van der Waals surface area contributed by atoms with E-state index in [-0.39, 0.29) is 11.9 Å². The van der Waals surface area contributed by atoms with Gasteiger partial charge in [0.2, 0.25) is 0 Å². The van der Waals surface area contributed by atoms with Gasteiger partial charge in [-0.15, -0.1) is 0 Å². The summed E-state index contributed by atoms with van der Waals surface area (Å²) < 4.78 is 13.3. The van der Waals surface area contributed by atoms with E-state index >= 15 is 0 Å². The van der Waals surface area contributed by atoms with Crippen molar-refractivity contribution >= 4 is 0 Å². The summed E-state index contributed by atoms with van der Waals surface area (Å²) >= 11 is 0. The number of rotatable bonds is 2. The van der Waals surface area contributed by atoms with Crippen molar-refractivity contribution in [3.05, 3.63) is 35.6 Å². The number of hydrogen-bond acceptors (Lipinski definition) is 2. The predicted octanol–water partition coefficient (Wildman–Crippen LogP) is 1.04. The molecule has 1 aromatic rings. The van der Waals surface area contributed by atoms with E-state index in [1.807, 2.05) is 6.07 Å². The quantitative estimate of drug-likeness (QED) is 0.713. The summed E-state index contributed by atoms with van der Waals surface area (Å²) in [5, 5.41) is 3.13. The largest absolute Gasteiger partial charge is 0.324 e. The molecule has 1 aromatic carbocycles. The minimum atomic E-state index is -0.193. The molecular formula is C10H13FN2. The lowest BCUT2D eigenvalue weighted by Gasteiger charge is -2.32. The van der Waals surface area contributed by atoms with E-state index in [0.29, 0.717) is 11.5 Å². The van der Waals surface area contributed by atoms with Crippen LogP contribution in [0.15, 0.2) is 24.3 Å². The highest BCUT2D eigenvalue weighted by molar-refractivity contribution is 5.22. The maximum absolute atomic E-state index is 13.3. The number of nitrogens with one attached hydrogen (secondary N) is 1. The van der Waals surface area contributed by atoms with Crippen LogP contribution in [-0.2, 0) is 0 Å². The van der Waals surface area contributed by atoms with E-state index in [9.17, 15) is 4.39 Å². The Balaban J connectivity index is 2.18. The molecule has 3 heteroatoms. The molecule has 1 aliphatic rings. The Kier molecular flexibility index (Phi) is 2.29. The van der Waals surface area contributed by atoms with E-state index < -0.39 is 0 Å². The molecule has 2 nitrogen and oxygen atoms in total. The van der Waals surface area contributed by atoms with Crippen LogP contribution in [0.2, 0.25) is 0 Å². The van der Waals surface area contributed by atoms with E-state index in [0.717, 1.165) is 13.1 Å². The Morgan fingerprint density at radius 3 is 2.62 bits per heavy atom. The highest BCUT2D eigenvalue weighted by atomic mass is 19.1. The standard InChI is InChI=1S/C10H13FN2/c11-9-4-2-1-3-8(9)10(12)7-5-13-6-7/h1-4,7,10,13H,5-6,12H2. The fourth-order valence-electron chi connectivity index (χ4n) is 1.56. The molecule has 0 radical (unpaired) electrons. The van der Waals surface area contributed by atoms with Gasteiger partial charge in [0.15, 0.2) is 0 Å². The summed E-state index contributed by atoms with van der Waals surface area (Å²) in [5.41, 5.74) is 6.55. The van der Waals surface area contributed by atoms with Crippen molar-refractivity contribution in [2.24, 2.45) is 11.7 Å². The number of benzene rings is 1. The second kappa shape index (κ2) is 3.44. The zero-order valence-electron chi connectivity index (χ0n) is 7.33. The topological polar surface area (TPSA) is 38.0 Å². The summed E-state index contributed by atoms with van der Waals surface area (Å²) in [5.74, 6) is 0.193. The van der Waals surface area contributed by atoms with Gasteiger partial charge in [0.1, 0.15) is 5.82 Å². The molecule has 0 aliphatic carbocycles. The van der Waals surface area contributed by atoms with Crippen molar-refractivity contribution in [1.82, 2.24) is 5.32 Å². The second-order valence-corrected chi connectivity index (χ2v) is 3.47. The molecule has 3 N–H and O–H groups in total. The SMILES string of the molecule is NC(c1ccccc1F)C1CNC1. The molecule has 1 fully saturated rings. The molecule has 0 amide bonds. The van der Waals surface area contributed by atoms with Gasteiger partial charge < -0.3 is 11.1 Å². The van der Waals surface area contributed by atoms with Gasteiger partial charge in [-0.2, -0.15) is 0 Å². The van der Waals surface area contributed by atoms with Crippen LogP contribution in [0.4, 0.5) is 4.39 Å². The smallest absolute Gasteiger partial charge is 0.127 e. The van der Waals surface area contributed by atoms with Gasteiger partial charge in [0.05, 0.1) is 0 Å². The third-order valence-corrected chi connectivity index (χ3v) is 2.59. The summed E-state index contributed by atoms with van der Waals surface area (Å²) in [6.45, 7) is 1.80. The van der Waals surface area contributed by atoms with Gasteiger partial charge in [-0.3, -0.25) is 0 Å². The van der Waals surface area contributed by atoms with Crippen molar-refractivity contribution in [1.29, 1.82) is 0 Å². The Labute approximate surface area is 76.9 Å². The molecule has 1 aliphatic heterocycles. The molecule has 0 bridgehead atoms. The van der Waals surface area contributed by atoms with Crippen molar-refractivity contribution < 1.29 is 4.39 Å². The van der Waals surface area contributed by atoms with E-state index in [1.165, 1.54) is 6.07 Å². The van der Waals surface area contributed by atoms with Crippen LogP contribution in [0.25, 0.3) is 0 Å². The molecule has 0 aromatic heterocycles. The Hall–Kier alpha value is -0.930. The fraction of sp³-hybridized carbons (Fsp3) is 0.400. The predicted molar refractivity (Wildman–Crippen MR) is 49.7 cm³/mol. The van der Waals surface area contributed by atoms with Crippen LogP contribution in [0.5, 0.6) is 0 Å². The first-order chi connectivity index (χ1) is 6.29. The Morgan fingerprint density at radius 2 is 2.08 bits per heavy atom. The average molecular weight is 180 g/mol. The maximum atomic E-state index is 13.3. The summed E-state index contributed by atoms with van der Waals surface area (Å²) in [7, 11) is 0. The summed E-state index contributed by atoms with van der Waals surface area (Å²) in [6.07, 6.45) is 0. The Bertz CT molecular complexity index is 297. The third-order valence-electron chi connectivity index (χ3n) is 2.59. The maximum Gasteiger partial charge on any atom is 0.127 e. The summed E-state index contributed by atoms with van der Waals surface area (Å²) in [4.78, 5) is 0. The van der Waals surface area contributed by atoms with E-state index in [2.05, 4.69) is 5.32 Å². The monoisotopic (exact) mass is 180 g/mol. The van der Waals surface area contributed by atoms with Crippen LogP contribution in [-0.4, -0.2) is 13.1 Å². The minimum Gasteiger partial charge on any atom is -0.324 e. The molecule has 0 spiro atoms. The number of nitrogens with two attached hydrogens (primary N) is 1. The molecule has 13 heavy (non-hydrogen) atoms. The van der Waals surface area contributed by atoms with Gasteiger partial charge in [0, 0.05) is 30.6 Å². The van der Waals surface area contributed by atoms with Crippen molar-refractivity contribution in [3.63, 3.8) is 0 Å². The van der Waals surface area contributed by atoms with Crippen molar-refractivity contribution in [3.8, 4) is 0 Å². The molecule has 70 valence electrons. The average Bonchev–Trinajstić information content (AvgIpc) is 2.01.